The summed E-state index contributed by atoms with van der Waals surface area (Å²) in [6.07, 6.45) is 1.83. The summed E-state index contributed by atoms with van der Waals surface area (Å²) in [5, 5.41) is 2.49. The summed E-state index contributed by atoms with van der Waals surface area (Å²) in [7, 11) is 0. The molecule has 0 aliphatic rings. The van der Waals surface area contributed by atoms with E-state index in [9.17, 15) is 9.59 Å². The van der Waals surface area contributed by atoms with Gasteiger partial charge < -0.3 is 15.8 Å². The van der Waals surface area contributed by atoms with E-state index in [0.29, 0.717) is 13.0 Å². The lowest BCUT2D eigenvalue weighted by Gasteiger charge is -2.13. The normalized spacial score (nSPS) is 11.6. The van der Waals surface area contributed by atoms with Crippen LogP contribution in [0.3, 0.4) is 0 Å². The molecule has 0 aliphatic carbocycles. The summed E-state index contributed by atoms with van der Waals surface area (Å²) in [5.41, 5.74) is 6.13. The maximum atomic E-state index is 11.5. The molecular formula is C14H18N2O3. The van der Waals surface area contributed by atoms with E-state index >= 15 is 0 Å². The average Bonchev–Trinajstić information content (AvgIpc) is 2.39. The number of nitrogens with one attached hydrogen (secondary N) is 1. The van der Waals surface area contributed by atoms with Crippen molar-refractivity contribution in [3.8, 4) is 0 Å². The smallest absolute Gasteiger partial charge is 0.246 e. The molecule has 0 fully saturated rings. The van der Waals surface area contributed by atoms with Gasteiger partial charge in [-0.1, -0.05) is 36.4 Å². The molecule has 0 spiro atoms. The van der Waals surface area contributed by atoms with E-state index in [-0.39, 0.29) is 12.5 Å². The van der Waals surface area contributed by atoms with Crippen LogP contribution in [0.15, 0.2) is 43.0 Å². The Balaban J connectivity index is 2.31. The number of ether oxygens (including phenoxy) is 1. The number of carbonyl (C=O) groups is 2. The van der Waals surface area contributed by atoms with Crippen molar-refractivity contribution in [1.82, 2.24) is 5.32 Å². The molecule has 0 unspecified atom stereocenters. The topological polar surface area (TPSA) is 81.4 Å². The minimum atomic E-state index is -0.731. The molecule has 102 valence electrons. The Morgan fingerprint density at radius 1 is 1.37 bits per heavy atom. The minimum Gasteiger partial charge on any atom is -0.368 e. The number of primary amides is 1. The van der Waals surface area contributed by atoms with E-state index in [4.69, 9.17) is 10.5 Å². The third-order valence-electron chi connectivity index (χ3n) is 2.43. The van der Waals surface area contributed by atoms with Crippen LogP contribution in [-0.4, -0.2) is 24.5 Å². The molecule has 5 nitrogen and oxygen atoms in total. The summed E-state index contributed by atoms with van der Waals surface area (Å²) in [5.74, 6) is -0.960. The molecule has 3 N–H and O–H groups in total. The van der Waals surface area contributed by atoms with Crippen LogP contribution in [0.2, 0.25) is 0 Å². The van der Waals surface area contributed by atoms with Crippen LogP contribution in [0.4, 0.5) is 0 Å². The molecule has 0 saturated carbocycles. The molecular weight excluding hydrogens is 244 g/mol. The van der Waals surface area contributed by atoms with E-state index in [2.05, 4.69) is 11.9 Å². The Hall–Kier alpha value is -2.14. The van der Waals surface area contributed by atoms with Crippen molar-refractivity contribution in [2.24, 2.45) is 5.73 Å². The number of hydrogen-bond donors (Lipinski definition) is 2. The SMILES string of the molecule is C=CC[C@@H](NC(=O)COCc1ccccc1)C(N)=O. The Morgan fingerprint density at radius 3 is 2.63 bits per heavy atom. The largest absolute Gasteiger partial charge is 0.368 e. The van der Waals surface area contributed by atoms with E-state index in [1.165, 1.54) is 6.08 Å². The molecule has 0 radical (unpaired) electrons. The zero-order chi connectivity index (χ0) is 14.1. The third-order valence-corrected chi connectivity index (χ3v) is 2.43. The van der Waals surface area contributed by atoms with Crippen molar-refractivity contribution in [2.75, 3.05) is 6.61 Å². The average molecular weight is 262 g/mol. The summed E-state index contributed by atoms with van der Waals surface area (Å²) in [4.78, 5) is 22.6. The van der Waals surface area contributed by atoms with Gasteiger partial charge in [0, 0.05) is 0 Å². The van der Waals surface area contributed by atoms with Gasteiger partial charge >= 0.3 is 0 Å². The highest BCUT2D eigenvalue weighted by Gasteiger charge is 2.16. The molecule has 1 rings (SSSR count). The van der Waals surface area contributed by atoms with Gasteiger partial charge in [-0.15, -0.1) is 6.58 Å². The lowest BCUT2D eigenvalue weighted by Crippen LogP contribution is -2.45. The van der Waals surface area contributed by atoms with Crippen LogP contribution in [0.1, 0.15) is 12.0 Å². The summed E-state index contributed by atoms with van der Waals surface area (Å²) in [6, 6.07) is 8.77. The fourth-order valence-electron chi connectivity index (χ4n) is 1.48. The highest BCUT2D eigenvalue weighted by molar-refractivity contribution is 5.87. The van der Waals surface area contributed by atoms with Crippen molar-refractivity contribution < 1.29 is 14.3 Å². The standard InChI is InChI=1S/C14H18N2O3/c1-2-6-12(14(15)18)16-13(17)10-19-9-11-7-4-3-5-8-11/h2-5,7-8,12H,1,6,9-10H2,(H2,15,18)(H,16,17)/t12-/m1/s1. The Morgan fingerprint density at radius 2 is 2.05 bits per heavy atom. The van der Waals surface area contributed by atoms with Gasteiger partial charge in [0.1, 0.15) is 12.6 Å². The molecule has 1 atom stereocenters. The molecule has 0 bridgehead atoms. The van der Waals surface area contributed by atoms with Crippen LogP contribution in [0, 0.1) is 0 Å². The van der Waals surface area contributed by atoms with Crippen LogP contribution in [-0.2, 0) is 20.9 Å². The van der Waals surface area contributed by atoms with E-state index in [1.54, 1.807) is 0 Å². The minimum absolute atomic E-state index is 0.115. The zero-order valence-corrected chi connectivity index (χ0v) is 10.7. The predicted octanol–water partition coefficient (Wildman–Crippen LogP) is 0.749. The quantitative estimate of drug-likeness (QED) is 0.678. The van der Waals surface area contributed by atoms with Gasteiger partial charge in [-0.2, -0.15) is 0 Å². The monoisotopic (exact) mass is 262 g/mol. The second-order valence-electron chi connectivity index (χ2n) is 4.03. The van der Waals surface area contributed by atoms with Crippen molar-refractivity contribution in [3.63, 3.8) is 0 Å². The molecule has 1 aromatic rings. The lowest BCUT2D eigenvalue weighted by atomic mass is 10.2. The lowest BCUT2D eigenvalue weighted by molar-refractivity contribution is -0.130. The van der Waals surface area contributed by atoms with Gasteiger partial charge in [-0.3, -0.25) is 9.59 Å². The van der Waals surface area contributed by atoms with E-state index in [0.717, 1.165) is 5.56 Å². The number of nitrogens with two attached hydrogens (primary N) is 1. The first-order valence-corrected chi connectivity index (χ1v) is 5.94. The number of hydrogen-bond acceptors (Lipinski definition) is 3. The summed E-state index contributed by atoms with van der Waals surface area (Å²) < 4.78 is 5.25. The first-order valence-electron chi connectivity index (χ1n) is 5.94. The van der Waals surface area contributed by atoms with Gasteiger partial charge in [0.25, 0.3) is 0 Å². The zero-order valence-electron chi connectivity index (χ0n) is 10.7. The second-order valence-corrected chi connectivity index (χ2v) is 4.03. The summed E-state index contributed by atoms with van der Waals surface area (Å²) >= 11 is 0. The van der Waals surface area contributed by atoms with Crippen molar-refractivity contribution in [1.29, 1.82) is 0 Å². The number of benzene rings is 1. The second kappa shape index (κ2) is 8.05. The summed E-state index contributed by atoms with van der Waals surface area (Å²) in [6.45, 7) is 3.73. The number of amides is 2. The Labute approximate surface area is 112 Å². The van der Waals surface area contributed by atoms with Crippen LogP contribution in [0.5, 0.6) is 0 Å². The predicted molar refractivity (Wildman–Crippen MR) is 72.0 cm³/mol. The van der Waals surface area contributed by atoms with Gasteiger partial charge in [0.2, 0.25) is 11.8 Å². The van der Waals surface area contributed by atoms with Crippen molar-refractivity contribution >= 4 is 11.8 Å². The first kappa shape index (κ1) is 14.9. The van der Waals surface area contributed by atoms with E-state index < -0.39 is 11.9 Å². The van der Waals surface area contributed by atoms with Crippen LogP contribution >= 0.6 is 0 Å². The highest BCUT2D eigenvalue weighted by Crippen LogP contribution is 2.00. The molecule has 1 aromatic carbocycles. The fraction of sp³-hybridized carbons (Fsp3) is 0.286. The van der Waals surface area contributed by atoms with Crippen LogP contribution < -0.4 is 11.1 Å². The molecule has 19 heavy (non-hydrogen) atoms. The maximum absolute atomic E-state index is 11.5. The highest BCUT2D eigenvalue weighted by atomic mass is 16.5. The van der Waals surface area contributed by atoms with Gasteiger partial charge in [-0.05, 0) is 12.0 Å². The van der Waals surface area contributed by atoms with Gasteiger partial charge in [-0.25, -0.2) is 0 Å². The van der Waals surface area contributed by atoms with Crippen molar-refractivity contribution in [3.05, 3.63) is 48.6 Å². The third kappa shape index (κ3) is 5.83. The molecule has 5 heteroatoms. The fourth-order valence-corrected chi connectivity index (χ4v) is 1.48. The molecule has 0 saturated heterocycles. The molecule has 2 amide bonds. The van der Waals surface area contributed by atoms with Gasteiger partial charge in [0.15, 0.2) is 0 Å². The first-order chi connectivity index (χ1) is 9.13. The van der Waals surface area contributed by atoms with E-state index in [1.807, 2.05) is 30.3 Å². The number of rotatable bonds is 8. The maximum Gasteiger partial charge on any atom is 0.246 e. The Bertz CT molecular complexity index is 432. The van der Waals surface area contributed by atoms with Gasteiger partial charge in [0.05, 0.1) is 6.61 Å². The molecule has 0 aromatic heterocycles. The van der Waals surface area contributed by atoms with Crippen molar-refractivity contribution in [2.45, 2.75) is 19.1 Å². The molecule has 0 aliphatic heterocycles. The Kier molecular flexibility index (Phi) is 6.32. The van der Waals surface area contributed by atoms with Crippen LogP contribution in [0.25, 0.3) is 0 Å². The number of carbonyl (C=O) groups excluding carboxylic acids is 2. The molecule has 0 heterocycles.